The normalized spacial score (nSPS) is 12.0. The standard InChI is InChI=1S/C20H18ClF3N2O4/c1-12(18(28)25-10-13-2-8-16(21)9-3-13)30-17(27)11-26-19(29)14-4-6-15(7-5-14)20(22,23)24/h2-9,12H,10-11H2,1H3,(H,25,28)(H,26,29)/t12-/m1/s1. The monoisotopic (exact) mass is 442 g/mol. The average Bonchev–Trinajstić information content (AvgIpc) is 2.70. The molecule has 0 saturated carbocycles. The van der Waals surface area contributed by atoms with Crippen LogP contribution in [0, 0.1) is 0 Å². The number of rotatable bonds is 7. The van der Waals surface area contributed by atoms with E-state index in [1.54, 1.807) is 24.3 Å². The fourth-order valence-electron chi connectivity index (χ4n) is 2.29. The Morgan fingerprint density at radius 2 is 1.60 bits per heavy atom. The van der Waals surface area contributed by atoms with Crippen molar-refractivity contribution in [2.75, 3.05) is 6.54 Å². The second kappa shape index (κ2) is 10.1. The maximum absolute atomic E-state index is 12.5. The summed E-state index contributed by atoms with van der Waals surface area (Å²) in [6.07, 6.45) is -5.61. The fraction of sp³-hybridized carbons (Fsp3) is 0.250. The van der Waals surface area contributed by atoms with E-state index in [0.29, 0.717) is 5.02 Å². The van der Waals surface area contributed by atoms with E-state index in [-0.39, 0.29) is 12.1 Å². The molecule has 0 aliphatic rings. The van der Waals surface area contributed by atoms with Gasteiger partial charge in [0, 0.05) is 17.1 Å². The first-order chi connectivity index (χ1) is 14.1. The van der Waals surface area contributed by atoms with E-state index in [2.05, 4.69) is 10.6 Å². The summed E-state index contributed by atoms with van der Waals surface area (Å²) in [6, 6.07) is 10.3. The zero-order chi connectivity index (χ0) is 22.3. The Hall–Kier alpha value is -3.07. The maximum Gasteiger partial charge on any atom is 0.416 e. The lowest BCUT2D eigenvalue weighted by Crippen LogP contribution is -2.38. The molecular formula is C20H18ClF3N2O4. The summed E-state index contributed by atoms with van der Waals surface area (Å²) < 4.78 is 42.5. The second-order valence-electron chi connectivity index (χ2n) is 6.23. The highest BCUT2D eigenvalue weighted by molar-refractivity contribution is 6.30. The van der Waals surface area contributed by atoms with Crippen LogP contribution in [0.3, 0.4) is 0 Å². The zero-order valence-corrected chi connectivity index (χ0v) is 16.5. The van der Waals surface area contributed by atoms with Gasteiger partial charge in [0.25, 0.3) is 11.8 Å². The number of carbonyl (C=O) groups excluding carboxylic acids is 3. The number of nitrogens with one attached hydrogen (secondary N) is 2. The number of carbonyl (C=O) groups is 3. The first-order valence-electron chi connectivity index (χ1n) is 8.73. The minimum Gasteiger partial charge on any atom is -0.451 e. The molecule has 0 heterocycles. The van der Waals surface area contributed by atoms with Crippen LogP contribution in [0.4, 0.5) is 13.2 Å². The van der Waals surface area contributed by atoms with Gasteiger partial charge in [0.15, 0.2) is 6.10 Å². The Balaban J connectivity index is 1.76. The largest absolute Gasteiger partial charge is 0.451 e. The topological polar surface area (TPSA) is 84.5 Å². The van der Waals surface area contributed by atoms with Crippen LogP contribution < -0.4 is 10.6 Å². The lowest BCUT2D eigenvalue weighted by Gasteiger charge is -2.14. The molecule has 0 aromatic heterocycles. The Labute approximate surface area is 175 Å². The molecule has 2 aromatic rings. The highest BCUT2D eigenvalue weighted by Gasteiger charge is 2.30. The lowest BCUT2D eigenvalue weighted by atomic mass is 10.1. The van der Waals surface area contributed by atoms with Crippen LogP contribution in [0.5, 0.6) is 0 Å². The van der Waals surface area contributed by atoms with Gasteiger partial charge in [-0.05, 0) is 48.9 Å². The number of alkyl halides is 3. The van der Waals surface area contributed by atoms with Crippen LogP contribution in [0.15, 0.2) is 48.5 Å². The van der Waals surface area contributed by atoms with E-state index in [9.17, 15) is 27.6 Å². The molecule has 10 heteroatoms. The Kier molecular flexibility index (Phi) is 7.82. The summed E-state index contributed by atoms with van der Waals surface area (Å²) in [4.78, 5) is 35.7. The molecule has 0 fully saturated rings. The van der Waals surface area contributed by atoms with Crippen molar-refractivity contribution < 1.29 is 32.3 Å². The maximum atomic E-state index is 12.5. The predicted octanol–water partition coefficient (Wildman–Crippen LogP) is 3.34. The van der Waals surface area contributed by atoms with Gasteiger partial charge >= 0.3 is 12.1 Å². The second-order valence-corrected chi connectivity index (χ2v) is 6.67. The minimum absolute atomic E-state index is 0.0513. The van der Waals surface area contributed by atoms with Gasteiger partial charge in [0.1, 0.15) is 6.54 Å². The van der Waals surface area contributed by atoms with Gasteiger partial charge in [0.05, 0.1) is 5.56 Å². The summed E-state index contributed by atoms with van der Waals surface area (Å²) in [7, 11) is 0. The van der Waals surface area contributed by atoms with Gasteiger partial charge in [-0.1, -0.05) is 23.7 Å². The summed E-state index contributed by atoms with van der Waals surface area (Å²) >= 11 is 5.78. The first kappa shape index (κ1) is 23.2. The van der Waals surface area contributed by atoms with E-state index < -0.39 is 42.2 Å². The smallest absolute Gasteiger partial charge is 0.416 e. The molecule has 0 saturated heterocycles. The highest BCUT2D eigenvalue weighted by atomic mass is 35.5. The quantitative estimate of drug-likeness (QED) is 0.644. The zero-order valence-electron chi connectivity index (χ0n) is 15.8. The number of hydrogen-bond acceptors (Lipinski definition) is 4. The van der Waals surface area contributed by atoms with Crippen LogP contribution >= 0.6 is 11.6 Å². The molecule has 2 rings (SSSR count). The molecule has 0 radical (unpaired) electrons. The van der Waals surface area contributed by atoms with Crippen molar-refractivity contribution in [3.05, 3.63) is 70.2 Å². The molecule has 2 N–H and O–H groups in total. The van der Waals surface area contributed by atoms with Gasteiger partial charge in [-0.25, -0.2) is 0 Å². The van der Waals surface area contributed by atoms with Gasteiger partial charge in [-0.3, -0.25) is 14.4 Å². The molecule has 2 aromatic carbocycles. The number of amides is 2. The Morgan fingerprint density at radius 1 is 1.00 bits per heavy atom. The van der Waals surface area contributed by atoms with Crippen molar-refractivity contribution in [3.8, 4) is 0 Å². The Morgan fingerprint density at radius 3 is 2.17 bits per heavy atom. The molecule has 160 valence electrons. The van der Waals surface area contributed by atoms with Crippen molar-refractivity contribution in [1.29, 1.82) is 0 Å². The van der Waals surface area contributed by atoms with Crippen molar-refractivity contribution in [1.82, 2.24) is 10.6 Å². The number of halogens is 4. The summed E-state index contributed by atoms with van der Waals surface area (Å²) in [5, 5.41) is 5.38. The highest BCUT2D eigenvalue weighted by Crippen LogP contribution is 2.29. The van der Waals surface area contributed by atoms with Gasteiger partial charge < -0.3 is 15.4 Å². The molecule has 30 heavy (non-hydrogen) atoms. The van der Waals surface area contributed by atoms with E-state index >= 15 is 0 Å². The first-order valence-corrected chi connectivity index (χ1v) is 9.11. The SMILES string of the molecule is C[C@@H](OC(=O)CNC(=O)c1ccc(C(F)(F)F)cc1)C(=O)NCc1ccc(Cl)cc1. The van der Waals surface area contributed by atoms with Crippen LogP contribution in [0.1, 0.15) is 28.4 Å². The van der Waals surface area contributed by atoms with Gasteiger partial charge in [-0.2, -0.15) is 13.2 Å². The number of esters is 1. The fourth-order valence-corrected chi connectivity index (χ4v) is 2.42. The average molecular weight is 443 g/mol. The van der Waals surface area contributed by atoms with Crippen LogP contribution in [-0.4, -0.2) is 30.4 Å². The number of hydrogen-bond donors (Lipinski definition) is 2. The van der Waals surface area contributed by atoms with E-state index in [1.807, 2.05) is 0 Å². The molecule has 0 aliphatic heterocycles. The van der Waals surface area contributed by atoms with Crippen molar-refractivity contribution >= 4 is 29.4 Å². The predicted molar refractivity (Wildman–Crippen MR) is 103 cm³/mol. The van der Waals surface area contributed by atoms with Crippen LogP contribution in [-0.2, 0) is 27.0 Å². The van der Waals surface area contributed by atoms with Gasteiger partial charge in [0.2, 0.25) is 0 Å². The van der Waals surface area contributed by atoms with Gasteiger partial charge in [-0.15, -0.1) is 0 Å². The van der Waals surface area contributed by atoms with E-state index in [4.69, 9.17) is 16.3 Å². The minimum atomic E-state index is -4.51. The van der Waals surface area contributed by atoms with E-state index in [1.165, 1.54) is 6.92 Å². The van der Waals surface area contributed by atoms with Crippen LogP contribution in [0.2, 0.25) is 5.02 Å². The third-order valence-electron chi connectivity index (χ3n) is 3.93. The number of ether oxygens (including phenoxy) is 1. The molecule has 0 unspecified atom stereocenters. The third-order valence-corrected chi connectivity index (χ3v) is 4.18. The summed E-state index contributed by atoms with van der Waals surface area (Å²) in [5.41, 5.74) is -0.142. The molecule has 0 bridgehead atoms. The summed E-state index contributed by atoms with van der Waals surface area (Å²) in [6.45, 7) is 1.03. The van der Waals surface area contributed by atoms with Crippen molar-refractivity contribution in [3.63, 3.8) is 0 Å². The number of benzene rings is 2. The molecule has 0 aliphatic carbocycles. The van der Waals surface area contributed by atoms with Crippen molar-refractivity contribution in [2.24, 2.45) is 0 Å². The molecular weight excluding hydrogens is 425 g/mol. The molecule has 2 amide bonds. The molecule has 1 atom stereocenters. The third kappa shape index (κ3) is 7.07. The van der Waals surface area contributed by atoms with Crippen molar-refractivity contribution in [2.45, 2.75) is 25.7 Å². The Bertz CT molecular complexity index is 900. The molecule has 6 nitrogen and oxygen atoms in total. The lowest BCUT2D eigenvalue weighted by molar-refractivity contribution is -0.153. The van der Waals surface area contributed by atoms with E-state index in [0.717, 1.165) is 29.8 Å². The van der Waals surface area contributed by atoms with Crippen LogP contribution in [0.25, 0.3) is 0 Å². The summed E-state index contributed by atoms with van der Waals surface area (Å²) in [5.74, 6) is -2.16. The molecule has 0 spiro atoms.